The van der Waals surface area contributed by atoms with Crippen molar-refractivity contribution in [3.8, 4) is 0 Å². The van der Waals surface area contributed by atoms with E-state index in [1.165, 1.54) is 0 Å². The lowest BCUT2D eigenvalue weighted by Gasteiger charge is -2.21. The molecule has 0 aromatic heterocycles. The van der Waals surface area contributed by atoms with Crippen LogP contribution in [0.4, 0.5) is 8.78 Å². The number of hydrogen-bond acceptors (Lipinski definition) is 1. The molecule has 0 radical (unpaired) electrons. The minimum atomic E-state index is -0.714. The van der Waals surface area contributed by atoms with Gasteiger partial charge in [0.25, 0.3) is 0 Å². The van der Waals surface area contributed by atoms with Crippen molar-refractivity contribution in [2.24, 2.45) is 11.3 Å². The first-order chi connectivity index (χ1) is 8.38. The summed E-state index contributed by atoms with van der Waals surface area (Å²) in [4.78, 5) is 0. The second kappa shape index (κ2) is 4.61. The molecule has 0 spiro atoms. The Kier molecular flexibility index (Phi) is 3.45. The second-order valence-electron chi connectivity index (χ2n) is 5.93. The van der Waals surface area contributed by atoms with Gasteiger partial charge in [-0.1, -0.05) is 32.9 Å². The zero-order valence-electron chi connectivity index (χ0n) is 11.5. The van der Waals surface area contributed by atoms with Gasteiger partial charge in [0.1, 0.15) is 0 Å². The Bertz CT molecular complexity index is 454. The third kappa shape index (κ3) is 2.28. The summed E-state index contributed by atoms with van der Waals surface area (Å²) in [5, 5.41) is 3.30. The fraction of sp³-hybridized carbons (Fsp3) is 0.600. The average Bonchev–Trinajstić information content (AvgIpc) is 2.93. The van der Waals surface area contributed by atoms with Crippen molar-refractivity contribution in [2.45, 2.75) is 40.2 Å². The van der Waals surface area contributed by atoms with Crippen molar-refractivity contribution in [1.82, 2.24) is 5.32 Å². The molecule has 100 valence electrons. The highest BCUT2D eigenvalue weighted by atomic mass is 19.2. The van der Waals surface area contributed by atoms with Crippen molar-refractivity contribution in [2.75, 3.05) is 6.54 Å². The molecule has 18 heavy (non-hydrogen) atoms. The summed E-state index contributed by atoms with van der Waals surface area (Å²) in [6.07, 6.45) is 1.06. The lowest BCUT2D eigenvalue weighted by Crippen LogP contribution is -2.25. The molecule has 0 bridgehead atoms. The Labute approximate surface area is 108 Å². The molecular formula is C15H21F2N. The molecule has 3 heteroatoms. The van der Waals surface area contributed by atoms with E-state index in [4.69, 9.17) is 0 Å². The Hall–Kier alpha value is -0.960. The van der Waals surface area contributed by atoms with Gasteiger partial charge in [0.15, 0.2) is 11.6 Å². The molecule has 0 aliphatic heterocycles. The van der Waals surface area contributed by atoms with E-state index in [0.717, 1.165) is 13.0 Å². The summed E-state index contributed by atoms with van der Waals surface area (Å²) in [5.74, 6) is -1.02. The van der Waals surface area contributed by atoms with Gasteiger partial charge in [-0.2, -0.15) is 0 Å². The lowest BCUT2D eigenvalue weighted by molar-refractivity contribution is 0.398. The number of nitrogens with one attached hydrogen (secondary N) is 1. The summed E-state index contributed by atoms with van der Waals surface area (Å²) in [7, 11) is 0. The van der Waals surface area contributed by atoms with Crippen LogP contribution in [0.5, 0.6) is 0 Å². The van der Waals surface area contributed by atoms with Gasteiger partial charge in [-0.25, -0.2) is 8.78 Å². The zero-order valence-corrected chi connectivity index (χ0v) is 11.5. The first-order valence-corrected chi connectivity index (χ1v) is 6.56. The normalized spacial score (nSPS) is 22.9. The smallest absolute Gasteiger partial charge is 0.163 e. The van der Waals surface area contributed by atoms with Crippen LogP contribution in [0.2, 0.25) is 0 Å². The molecule has 2 unspecified atom stereocenters. The molecule has 2 rings (SSSR count). The van der Waals surface area contributed by atoms with Crippen LogP contribution < -0.4 is 5.32 Å². The largest absolute Gasteiger partial charge is 0.310 e. The molecule has 1 fully saturated rings. The number of benzene rings is 1. The number of halogens is 2. The third-order valence-electron chi connectivity index (χ3n) is 4.06. The summed E-state index contributed by atoms with van der Waals surface area (Å²) >= 11 is 0. The van der Waals surface area contributed by atoms with E-state index in [2.05, 4.69) is 19.2 Å². The molecule has 1 aliphatic rings. The predicted molar refractivity (Wildman–Crippen MR) is 69.4 cm³/mol. The van der Waals surface area contributed by atoms with Crippen LogP contribution in [0.1, 0.15) is 44.4 Å². The Morgan fingerprint density at radius 1 is 1.33 bits per heavy atom. The fourth-order valence-electron chi connectivity index (χ4n) is 2.67. The van der Waals surface area contributed by atoms with Gasteiger partial charge in [-0.05, 0) is 36.8 Å². The standard InChI is InChI=1S/C15H21F2N/c1-5-18-14(11-8-15(11,3)4)10-7-6-9(2)12(16)13(10)17/h6-7,11,14,18H,5,8H2,1-4H3. The monoisotopic (exact) mass is 253 g/mol. The lowest BCUT2D eigenvalue weighted by atomic mass is 9.95. The molecule has 1 nitrogen and oxygen atoms in total. The van der Waals surface area contributed by atoms with Crippen molar-refractivity contribution in [3.05, 3.63) is 34.9 Å². The maximum absolute atomic E-state index is 14.1. The molecule has 1 saturated carbocycles. The van der Waals surface area contributed by atoms with Gasteiger partial charge < -0.3 is 5.32 Å². The molecule has 2 atom stereocenters. The third-order valence-corrected chi connectivity index (χ3v) is 4.06. The first kappa shape index (κ1) is 13.5. The minimum absolute atomic E-state index is 0.0832. The van der Waals surface area contributed by atoms with Crippen LogP contribution in [0, 0.1) is 29.9 Å². The number of hydrogen-bond donors (Lipinski definition) is 1. The summed E-state index contributed by atoms with van der Waals surface area (Å²) < 4.78 is 27.7. The molecule has 1 aliphatic carbocycles. The second-order valence-corrected chi connectivity index (χ2v) is 5.93. The van der Waals surface area contributed by atoms with E-state index in [1.54, 1.807) is 19.1 Å². The van der Waals surface area contributed by atoms with Gasteiger partial charge in [-0.3, -0.25) is 0 Å². The van der Waals surface area contributed by atoms with Crippen molar-refractivity contribution in [3.63, 3.8) is 0 Å². The van der Waals surface area contributed by atoms with Crippen LogP contribution in [-0.2, 0) is 0 Å². The van der Waals surface area contributed by atoms with Gasteiger partial charge in [-0.15, -0.1) is 0 Å². The topological polar surface area (TPSA) is 12.0 Å². The van der Waals surface area contributed by atoms with Gasteiger partial charge >= 0.3 is 0 Å². The van der Waals surface area contributed by atoms with Gasteiger partial charge in [0.2, 0.25) is 0 Å². The van der Waals surface area contributed by atoms with Crippen molar-refractivity contribution < 1.29 is 8.78 Å². The van der Waals surface area contributed by atoms with Crippen molar-refractivity contribution in [1.29, 1.82) is 0 Å². The number of rotatable bonds is 4. The van der Waals surface area contributed by atoms with Crippen LogP contribution in [-0.4, -0.2) is 6.54 Å². The van der Waals surface area contributed by atoms with Gasteiger partial charge in [0, 0.05) is 11.6 Å². The molecular weight excluding hydrogens is 232 g/mol. The first-order valence-electron chi connectivity index (χ1n) is 6.56. The highest BCUT2D eigenvalue weighted by Gasteiger charge is 2.50. The van der Waals surface area contributed by atoms with Gasteiger partial charge in [0.05, 0.1) is 0 Å². The van der Waals surface area contributed by atoms with Crippen LogP contribution >= 0.6 is 0 Å². The Balaban J connectivity index is 2.35. The van der Waals surface area contributed by atoms with E-state index >= 15 is 0 Å². The SMILES string of the molecule is CCNC(c1ccc(C)c(F)c1F)C1CC1(C)C. The fourth-order valence-corrected chi connectivity index (χ4v) is 2.67. The highest BCUT2D eigenvalue weighted by molar-refractivity contribution is 5.30. The number of aryl methyl sites for hydroxylation is 1. The Morgan fingerprint density at radius 2 is 1.94 bits per heavy atom. The maximum atomic E-state index is 14.1. The zero-order chi connectivity index (χ0) is 13.5. The Morgan fingerprint density at radius 3 is 2.44 bits per heavy atom. The van der Waals surface area contributed by atoms with Crippen LogP contribution in [0.15, 0.2) is 12.1 Å². The summed E-state index contributed by atoms with van der Waals surface area (Å²) in [6.45, 7) is 8.68. The van der Waals surface area contributed by atoms with E-state index in [1.807, 2.05) is 6.92 Å². The van der Waals surface area contributed by atoms with E-state index < -0.39 is 11.6 Å². The quantitative estimate of drug-likeness (QED) is 0.856. The maximum Gasteiger partial charge on any atom is 0.163 e. The predicted octanol–water partition coefficient (Wildman–Crippen LogP) is 3.97. The summed E-state index contributed by atoms with van der Waals surface area (Å²) in [5.41, 5.74) is 1.05. The van der Waals surface area contributed by atoms with Crippen LogP contribution in [0.25, 0.3) is 0 Å². The van der Waals surface area contributed by atoms with E-state index in [9.17, 15) is 8.78 Å². The minimum Gasteiger partial charge on any atom is -0.310 e. The molecule has 1 aromatic rings. The van der Waals surface area contributed by atoms with E-state index in [-0.39, 0.29) is 11.5 Å². The van der Waals surface area contributed by atoms with E-state index in [0.29, 0.717) is 17.0 Å². The molecule has 0 saturated heterocycles. The summed E-state index contributed by atoms with van der Waals surface area (Å²) in [6, 6.07) is 3.29. The highest BCUT2D eigenvalue weighted by Crippen LogP contribution is 2.58. The molecule has 0 amide bonds. The molecule has 1 aromatic carbocycles. The average molecular weight is 253 g/mol. The van der Waals surface area contributed by atoms with Crippen LogP contribution in [0.3, 0.4) is 0 Å². The molecule has 0 heterocycles. The van der Waals surface area contributed by atoms with Crippen molar-refractivity contribution >= 4 is 0 Å². The molecule has 1 N–H and O–H groups in total.